The van der Waals surface area contributed by atoms with Crippen molar-refractivity contribution in [1.29, 1.82) is 0 Å². The number of methoxy groups -OCH3 is 2. The maximum absolute atomic E-state index is 8.73. The topological polar surface area (TPSA) is 80.3 Å². The zero-order valence-electron chi connectivity index (χ0n) is 11.4. The van der Waals surface area contributed by atoms with Crippen LogP contribution >= 0.6 is 15.9 Å². The summed E-state index contributed by atoms with van der Waals surface area (Å²) < 4.78 is 11.6. The average Bonchev–Trinajstić information content (AvgIpc) is 2.89. The van der Waals surface area contributed by atoms with Crippen molar-refractivity contribution in [3.05, 3.63) is 28.2 Å². The fourth-order valence-electron chi connectivity index (χ4n) is 2.37. The van der Waals surface area contributed by atoms with Gasteiger partial charge in [0.05, 0.1) is 0 Å². The summed E-state index contributed by atoms with van der Waals surface area (Å²) in [5.74, 6) is 0.0781. The Balaban J connectivity index is 2.21. The van der Waals surface area contributed by atoms with E-state index in [4.69, 9.17) is 20.4 Å². The third-order valence-corrected chi connectivity index (χ3v) is 4.18. The van der Waals surface area contributed by atoms with Gasteiger partial charge in [0.25, 0.3) is 0 Å². The van der Waals surface area contributed by atoms with Crippen LogP contribution in [-0.2, 0) is 9.47 Å². The molecule has 0 aromatic heterocycles. The summed E-state index contributed by atoms with van der Waals surface area (Å²) in [6.45, 7) is 1.54. The number of ether oxygens (including phenoxy) is 2. The van der Waals surface area contributed by atoms with Crippen LogP contribution in [0.3, 0.4) is 0 Å². The van der Waals surface area contributed by atoms with E-state index in [2.05, 4.69) is 26.0 Å². The number of nitrogens with zero attached hydrogens (tertiary/aromatic N) is 2. The second-order valence-electron chi connectivity index (χ2n) is 4.60. The highest BCUT2D eigenvalue weighted by Gasteiger charge is 2.33. The van der Waals surface area contributed by atoms with Crippen LogP contribution in [0.1, 0.15) is 5.56 Å². The first-order valence-electron chi connectivity index (χ1n) is 6.18. The molecule has 7 heteroatoms. The fraction of sp³-hybridized carbons (Fsp3) is 0.462. The van der Waals surface area contributed by atoms with Gasteiger partial charge in [-0.25, -0.2) is 0 Å². The van der Waals surface area contributed by atoms with E-state index in [9.17, 15) is 0 Å². The molecule has 1 aliphatic rings. The lowest BCUT2D eigenvalue weighted by molar-refractivity contribution is -0.00461. The summed E-state index contributed by atoms with van der Waals surface area (Å²) in [7, 11) is 3.38. The van der Waals surface area contributed by atoms with E-state index in [1.54, 1.807) is 14.2 Å². The van der Waals surface area contributed by atoms with Crippen LogP contribution in [0.5, 0.6) is 0 Å². The highest BCUT2D eigenvalue weighted by molar-refractivity contribution is 9.10. The van der Waals surface area contributed by atoms with Gasteiger partial charge in [-0.1, -0.05) is 5.16 Å². The molecule has 1 heterocycles. The minimum atomic E-state index is 0.0579. The second-order valence-corrected chi connectivity index (χ2v) is 5.46. The molecule has 0 spiro atoms. The number of nitrogens with two attached hydrogens (primary N) is 1. The smallest absolute Gasteiger partial charge is 0.171 e. The number of oxime groups is 1. The number of benzene rings is 1. The van der Waals surface area contributed by atoms with Crippen molar-refractivity contribution in [2.75, 3.05) is 32.2 Å². The van der Waals surface area contributed by atoms with Crippen LogP contribution in [0.25, 0.3) is 0 Å². The van der Waals surface area contributed by atoms with E-state index in [0.29, 0.717) is 5.56 Å². The molecule has 3 N–H and O–H groups in total. The first-order valence-corrected chi connectivity index (χ1v) is 6.98. The maximum Gasteiger partial charge on any atom is 0.171 e. The molecule has 2 rings (SSSR count). The quantitative estimate of drug-likeness (QED) is 0.373. The van der Waals surface area contributed by atoms with Gasteiger partial charge in [0, 0.05) is 43.0 Å². The summed E-state index contributed by atoms with van der Waals surface area (Å²) in [6, 6.07) is 5.69. The van der Waals surface area contributed by atoms with Crippen LogP contribution in [0, 0.1) is 0 Å². The first kappa shape index (κ1) is 15.1. The third-order valence-electron chi connectivity index (χ3n) is 3.52. The molecule has 1 saturated heterocycles. The molecule has 1 fully saturated rings. The molecule has 6 nitrogen and oxygen atoms in total. The molecule has 0 bridgehead atoms. The molecule has 0 saturated carbocycles. The van der Waals surface area contributed by atoms with Crippen molar-refractivity contribution >= 4 is 27.5 Å². The Kier molecular flexibility index (Phi) is 4.85. The van der Waals surface area contributed by atoms with Gasteiger partial charge in [-0.15, -0.1) is 0 Å². The van der Waals surface area contributed by atoms with Crippen LogP contribution < -0.4 is 10.6 Å². The van der Waals surface area contributed by atoms with Crippen LogP contribution in [-0.4, -0.2) is 50.6 Å². The number of rotatable bonds is 4. The minimum absolute atomic E-state index is 0.0579. The summed E-state index contributed by atoms with van der Waals surface area (Å²) in [5.41, 5.74) is 7.29. The Morgan fingerprint density at radius 2 is 1.95 bits per heavy atom. The molecule has 0 amide bonds. The van der Waals surface area contributed by atoms with Crippen molar-refractivity contribution in [3.8, 4) is 0 Å². The van der Waals surface area contributed by atoms with Crippen molar-refractivity contribution in [1.82, 2.24) is 0 Å². The van der Waals surface area contributed by atoms with Gasteiger partial charge in [0.15, 0.2) is 5.84 Å². The molecule has 0 aliphatic carbocycles. The van der Waals surface area contributed by atoms with E-state index < -0.39 is 0 Å². The Morgan fingerprint density at radius 3 is 2.40 bits per heavy atom. The number of hydrogen-bond donors (Lipinski definition) is 2. The van der Waals surface area contributed by atoms with E-state index in [1.807, 2.05) is 18.2 Å². The van der Waals surface area contributed by atoms with Gasteiger partial charge in [-0.3, -0.25) is 0 Å². The lowest BCUT2D eigenvalue weighted by Crippen LogP contribution is -2.27. The van der Waals surface area contributed by atoms with E-state index >= 15 is 0 Å². The molecule has 1 aromatic rings. The van der Waals surface area contributed by atoms with Crippen molar-refractivity contribution in [2.24, 2.45) is 10.9 Å². The van der Waals surface area contributed by atoms with Crippen molar-refractivity contribution in [2.45, 2.75) is 12.2 Å². The highest BCUT2D eigenvalue weighted by atomic mass is 79.9. The molecule has 0 radical (unpaired) electrons. The lowest BCUT2D eigenvalue weighted by Gasteiger charge is -2.19. The van der Waals surface area contributed by atoms with Crippen LogP contribution in [0.15, 0.2) is 27.8 Å². The number of hydrogen-bond acceptors (Lipinski definition) is 5. The Labute approximate surface area is 126 Å². The van der Waals surface area contributed by atoms with Gasteiger partial charge in [-0.05, 0) is 34.1 Å². The van der Waals surface area contributed by atoms with E-state index in [0.717, 1.165) is 23.2 Å². The zero-order chi connectivity index (χ0) is 14.7. The third kappa shape index (κ3) is 2.89. The van der Waals surface area contributed by atoms with Gasteiger partial charge in [0.2, 0.25) is 0 Å². The molecule has 1 aromatic carbocycles. The monoisotopic (exact) mass is 343 g/mol. The summed E-state index contributed by atoms with van der Waals surface area (Å²) in [4.78, 5) is 2.18. The Hall–Kier alpha value is -1.31. The van der Waals surface area contributed by atoms with Crippen LogP contribution in [0.4, 0.5) is 5.69 Å². The SMILES string of the molecule is COC1CN(c2ccc(/C(N)=N/O)c(Br)c2)CC1OC. The Bertz CT molecular complexity index is 498. The summed E-state index contributed by atoms with van der Waals surface area (Å²) in [5, 5.41) is 11.7. The molecule has 110 valence electrons. The zero-order valence-corrected chi connectivity index (χ0v) is 13.0. The number of amidine groups is 1. The number of halogens is 1. The first-order chi connectivity index (χ1) is 9.60. The van der Waals surface area contributed by atoms with E-state index in [-0.39, 0.29) is 18.0 Å². The van der Waals surface area contributed by atoms with Gasteiger partial charge < -0.3 is 25.3 Å². The molecule has 2 unspecified atom stereocenters. The maximum atomic E-state index is 8.73. The molecular weight excluding hydrogens is 326 g/mol. The van der Waals surface area contributed by atoms with Crippen molar-refractivity contribution in [3.63, 3.8) is 0 Å². The van der Waals surface area contributed by atoms with Gasteiger partial charge in [0.1, 0.15) is 12.2 Å². The predicted octanol–water partition coefficient (Wildman–Crippen LogP) is 1.39. The summed E-state index contributed by atoms with van der Waals surface area (Å²) in [6.07, 6.45) is 0.116. The van der Waals surface area contributed by atoms with Gasteiger partial charge in [-0.2, -0.15) is 0 Å². The molecule has 2 atom stereocenters. The number of anilines is 1. The standard InChI is InChI=1S/C13H18BrN3O3/c1-19-11-6-17(7-12(11)20-2)8-3-4-9(10(14)5-8)13(15)16-18/h3-5,11-12,18H,6-7H2,1-2H3,(H2,15,16). The summed E-state index contributed by atoms with van der Waals surface area (Å²) >= 11 is 3.44. The lowest BCUT2D eigenvalue weighted by atomic mass is 10.2. The fourth-order valence-corrected chi connectivity index (χ4v) is 2.94. The van der Waals surface area contributed by atoms with Crippen molar-refractivity contribution < 1.29 is 14.7 Å². The molecule has 1 aliphatic heterocycles. The molecule has 20 heavy (non-hydrogen) atoms. The average molecular weight is 344 g/mol. The van der Waals surface area contributed by atoms with Gasteiger partial charge >= 0.3 is 0 Å². The Morgan fingerprint density at radius 1 is 1.35 bits per heavy atom. The van der Waals surface area contributed by atoms with Crippen LogP contribution in [0.2, 0.25) is 0 Å². The van der Waals surface area contributed by atoms with E-state index in [1.165, 1.54) is 0 Å². The highest BCUT2D eigenvalue weighted by Crippen LogP contribution is 2.28. The largest absolute Gasteiger partial charge is 0.409 e. The second kappa shape index (κ2) is 6.43. The normalized spacial score (nSPS) is 23.4. The minimum Gasteiger partial charge on any atom is -0.409 e. The molecular formula is C13H18BrN3O3. The predicted molar refractivity (Wildman–Crippen MR) is 80.5 cm³/mol.